The fraction of sp³-hybridized carbons (Fsp3) is 0.111. The number of halogens is 2. The Morgan fingerprint density at radius 1 is 1.36 bits per heavy atom. The lowest BCUT2D eigenvalue weighted by molar-refractivity contribution is 0.501. The molecule has 0 aliphatic heterocycles. The minimum Gasteiger partial charge on any atom is -0.204 e. The predicted octanol–water partition coefficient (Wildman–Crippen LogP) is 2.69. The van der Waals surface area contributed by atoms with E-state index >= 15 is 0 Å². The van der Waals surface area contributed by atoms with Crippen molar-refractivity contribution in [2.24, 2.45) is 0 Å². The van der Waals surface area contributed by atoms with Crippen LogP contribution in [0, 0.1) is 11.6 Å². The summed E-state index contributed by atoms with van der Waals surface area (Å²) in [6.45, 7) is 3.44. The molecule has 1 aromatic carbocycles. The van der Waals surface area contributed by atoms with Crippen molar-refractivity contribution in [2.45, 2.75) is 6.42 Å². The van der Waals surface area contributed by atoms with Crippen LogP contribution in [0.25, 0.3) is 0 Å². The van der Waals surface area contributed by atoms with Gasteiger partial charge in [-0.25, -0.2) is 8.78 Å². The summed E-state index contributed by atoms with van der Waals surface area (Å²) in [7, 11) is 0. The Balaban J connectivity index is 3.05. The lowest BCUT2D eigenvalue weighted by Gasteiger charge is -1.98. The van der Waals surface area contributed by atoms with Crippen molar-refractivity contribution < 1.29 is 8.78 Å². The van der Waals surface area contributed by atoms with Gasteiger partial charge < -0.3 is 0 Å². The highest BCUT2D eigenvalue weighted by molar-refractivity contribution is 5.20. The zero-order valence-electron chi connectivity index (χ0n) is 5.98. The summed E-state index contributed by atoms with van der Waals surface area (Å²) in [5.41, 5.74) is 0.347. The third-order valence-corrected chi connectivity index (χ3v) is 1.40. The largest absolute Gasteiger partial charge is 0.204 e. The van der Waals surface area contributed by atoms with E-state index in [9.17, 15) is 8.78 Å². The molecule has 0 N–H and O–H groups in total. The number of rotatable bonds is 2. The van der Waals surface area contributed by atoms with Gasteiger partial charge in [-0.2, -0.15) is 0 Å². The zero-order valence-corrected chi connectivity index (χ0v) is 5.98. The van der Waals surface area contributed by atoms with Gasteiger partial charge in [0, 0.05) is 0 Å². The van der Waals surface area contributed by atoms with E-state index in [1.807, 2.05) is 0 Å². The van der Waals surface area contributed by atoms with Crippen molar-refractivity contribution >= 4 is 0 Å². The highest BCUT2D eigenvalue weighted by atomic mass is 19.2. The van der Waals surface area contributed by atoms with Gasteiger partial charge >= 0.3 is 0 Å². The van der Waals surface area contributed by atoms with E-state index in [0.29, 0.717) is 12.0 Å². The molecule has 0 saturated carbocycles. The molecule has 1 rings (SSSR count). The summed E-state index contributed by atoms with van der Waals surface area (Å²) >= 11 is 0. The summed E-state index contributed by atoms with van der Waals surface area (Å²) in [4.78, 5) is 0. The first-order valence-electron chi connectivity index (χ1n) is 3.29. The maximum atomic E-state index is 12.8. The van der Waals surface area contributed by atoms with Crippen molar-refractivity contribution in [3.05, 3.63) is 48.1 Å². The Labute approximate surface area is 64.2 Å². The summed E-state index contributed by atoms with van der Waals surface area (Å²) in [5, 5.41) is 0. The normalized spacial score (nSPS) is 9.64. The van der Waals surface area contributed by atoms with E-state index in [4.69, 9.17) is 0 Å². The number of hydrogen-bond donors (Lipinski definition) is 0. The Hall–Kier alpha value is -1.18. The molecule has 0 fully saturated rings. The molecule has 0 aliphatic rings. The van der Waals surface area contributed by atoms with Gasteiger partial charge in [0.15, 0.2) is 11.6 Å². The third kappa shape index (κ3) is 1.64. The maximum absolute atomic E-state index is 12.8. The Kier molecular flexibility index (Phi) is 2.36. The maximum Gasteiger partial charge on any atom is 0.162 e. The zero-order chi connectivity index (χ0) is 8.27. The smallest absolute Gasteiger partial charge is 0.162 e. The van der Waals surface area contributed by atoms with E-state index in [1.165, 1.54) is 12.1 Å². The molecule has 0 atom stereocenters. The summed E-state index contributed by atoms with van der Waals surface area (Å²) in [6.07, 6.45) is 1.90. The molecule has 0 bridgehead atoms. The topological polar surface area (TPSA) is 0 Å². The molecular formula is C9H8F2. The SMILES string of the molecule is C=CCc1cccc(F)c1F. The first-order chi connectivity index (χ1) is 5.25. The minimum absolute atomic E-state index is 0.347. The van der Waals surface area contributed by atoms with E-state index in [2.05, 4.69) is 6.58 Å². The van der Waals surface area contributed by atoms with E-state index in [-0.39, 0.29) is 0 Å². The Morgan fingerprint density at radius 2 is 2.09 bits per heavy atom. The van der Waals surface area contributed by atoms with Gasteiger partial charge in [-0.3, -0.25) is 0 Å². The number of allylic oxidation sites excluding steroid dienone is 1. The van der Waals surface area contributed by atoms with E-state index in [0.717, 1.165) is 6.07 Å². The minimum atomic E-state index is -0.802. The molecular weight excluding hydrogens is 146 g/mol. The van der Waals surface area contributed by atoms with Crippen molar-refractivity contribution in [2.75, 3.05) is 0 Å². The lowest BCUT2D eigenvalue weighted by atomic mass is 10.1. The monoisotopic (exact) mass is 154 g/mol. The van der Waals surface area contributed by atoms with Crippen molar-refractivity contribution in [1.82, 2.24) is 0 Å². The van der Waals surface area contributed by atoms with Gasteiger partial charge in [0.05, 0.1) is 0 Å². The van der Waals surface area contributed by atoms with Crippen molar-refractivity contribution in [3.63, 3.8) is 0 Å². The van der Waals surface area contributed by atoms with Gasteiger partial charge in [-0.1, -0.05) is 18.2 Å². The van der Waals surface area contributed by atoms with Crippen molar-refractivity contribution in [3.8, 4) is 0 Å². The van der Waals surface area contributed by atoms with Gasteiger partial charge in [-0.05, 0) is 18.1 Å². The van der Waals surface area contributed by atoms with Crippen LogP contribution in [0.5, 0.6) is 0 Å². The molecule has 58 valence electrons. The quantitative estimate of drug-likeness (QED) is 0.574. The average Bonchev–Trinajstić information content (AvgIpc) is 1.99. The second-order valence-electron chi connectivity index (χ2n) is 2.21. The Bertz CT molecular complexity index is 266. The van der Waals surface area contributed by atoms with Crippen LogP contribution in [-0.2, 0) is 6.42 Å². The van der Waals surface area contributed by atoms with Crippen LogP contribution in [0.15, 0.2) is 30.9 Å². The molecule has 0 nitrogen and oxygen atoms in total. The van der Waals surface area contributed by atoms with Crippen LogP contribution in [0.2, 0.25) is 0 Å². The highest BCUT2D eigenvalue weighted by Gasteiger charge is 2.04. The summed E-state index contributed by atoms with van der Waals surface area (Å²) in [5.74, 6) is -1.57. The fourth-order valence-electron chi connectivity index (χ4n) is 0.862. The second-order valence-corrected chi connectivity index (χ2v) is 2.21. The molecule has 0 amide bonds. The highest BCUT2D eigenvalue weighted by Crippen LogP contribution is 2.11. The molecule has 2 heteroatoms. The average molecular weight is 154 g/mol. The third-order valence-electron chi connectivity index (χ3n) is 1.40. The lowest BCUT2D eigenvalue weighted by Crippen LogP contribution is -1.91. The van der Waals surface area contributed by atoms with Crippen LogP contribution in [0.3, 0.4) is 0 Å². The van der Waals surface area contributed by atoms with Gasteiger partial charge in [0.1, 0.15) is 0 Å². The summed E-state index contributed by atoms with van der Waals surface area (Å²) < 4.78 is 25.3. The van der Waals surface area contributed by atoms with Crippen LogP contribution >= 0.6 is 0 Å². The number of hydrogen-bond acceptors (Lipinski definition) is 0. The molecule has 0 aromatic heterocycles. The first kappa shape index (κ1) is 7.92. The molecule has 0 unspecified atom stereocenters. The first-order valence-corrected chi connectivity index (χ1v) is 3.29. The van der Waals surface area contributed by atoms with E-state index < -0.39 is 11.6 Å². The fourth-order valence-corrected chi connectivity index (χ4v) is 0.862. The second kappa shape index (κ2) is 3.28. The van der Waals surface area contributed by atoms with E-state index in [1.54, 1.807) is 6.07 Å². The molecule has 1 aromatic rings. The molecule has 0 radical (unpaired) electrons. The standard InChI is InChI=1S/C9H8F2/c1-2-4-7-5-3-6-8(10)9(7)11/h2-3,5-6H,1,4H2. The summed E-state index contributed by atoms with van der Waals surface area (Å²) in [6, 6.07) is 4.12. The molecule has 0 spiro atoms. The van der Waals surface area contributed by atoms with Crippen LogP contribution in [0.4, 0.5) is 8.78 Å². The van der Waals surface area contributed by atoms with Crippen molar-refractivity contribution in [1.29, 1.82) is 0 Å². The number of benzene rings is 1. The molecule has 0 aliphatic carbocycles. The van der Waals surface area contributed by atoms with Gasteiger partial charge in [0.25, 0.3) is 0 Å². The van der Waals surface area contributed by atoms with Gasteiger partial charge in [-0.15, -0.1) is 6.58 Å². The van der Waals surface area contributed by atoms with Crippen LogP contribution in [0.1, 0.15) is 5.56 Å². The van der Waals surface area contributed by atoms with Crippen LogP contribution in [-0.4, -0.2) is 0 Å². The molecule has 0 saturated heterocycles. The Morgan fingerprint density at radius 3 is 2.73 bits per heavy atom. The van der Waals surface area contributed by atoms with Crippen LogP contribution < -0.4 is 0 Å². The molecule has 11 heavy (non-hydrogen) atoms. The predicted molar refractivity (Wildman–Crippen MR) is 40.3 cm³/mol. The van der Waals surface area contributed by atoms with Gasteiger partial charge in [0.2, 0.25) is 0 Å². The molecule has 0 heterocycles.